The van der Waals surface area contributed by atoms with Gasteiger partial charge >= 0.3 is 17.6 Å². The van der Waals surface area contributed by atoms with Gasteiger partial charge in [-0.15, -0.1) is 0 Å². The normalized spacial score (nSPS) is 11.5. The summed E-state index contributed by atoms with van der Waals surface area (Å²) < 4.78 is 38.4. The number of nitro benzene ring substituents is 2. The number of aromatic hydroxyl groups is 1. The molecule has 26 heavy (non-hydrogen) atoms. The van der Waals surface area contributed by atoms with Crippen LogP contribution >= 0.6 is 0 Å². The average Bonchev–Trinajstić information content (AvgIpc) is 2.55. The summed E-state index contributed by atoms with van der Waals surface area (Å²) in [6, 6.07) is 6.16. The summed E-state index contributed by atoms with van der Waals surface area (Å²) in [6.45, 7) is 0. The minimum atomic E-state index is -5.01. The number of benzene rings is 2. The maximum absolute atomic E-state index is 12.8. The second-order valence-corrected chi connectivity index (χ2v) is 4.83. The van der Waals surface area contributed by atoms with Gasteiger partial charge < -0.3 is 5.11 Å². The number of hydrazone groups is 1. The number of phenolic OH excluding ortho intramolecular Hbond substituents is 1. The SMILES string of the molecule is O=[N+]([O-])c1cc(C(F)(F)F)cc([N+](=O)[O-])c1NN=Cc1ccccc1O. The summed E-state index contributed by atoms with van der Waals surface area (Å²) in [5.41, 5.74) is -2.50. The molecule has 0 bridgehead atoms. The predicted octanol–water partition coefficient (Wildman–Crippen LogP) is 3.67. The van der Waals surface area contributed by atoms with Gasteiger partial charge in [-0.05, 0) is 12.1 Å². The number of nitro groups is 2. The van der Waals surface area contributed by atoms with Crippen LogP contribution in [0.15, 0.2) is 41.5 Å². The van der Waals surface area contributed by atoms with Crippen molar-refractivity contribution in [3.8, 4) is 5.75 Å². The van der Waals surface area contributed by atoms with Gasteiger partial charge in [0.25, 0.3) is 0 Å². The van der Waals surface area contributed by atoms with Crippen molar-refractivity contribution in [2.75, 3.05) is 5.43 Å². The second-order valence-electron chi connectivity index (χ2n) is 4.83. The molecule has 2 N–H and O–H groups in total. The van der Waals surface area contributed by atoms with Gasteiger partial charge in [-0.1, -0.05) is 12.1 Å². The molecule has 0 atom stereocenters. The molecule has 136 valence electrons. The van der Waals surface area contributed by atoms with Crippen molar-refractivity contribution in [2.24, 2.45) is 5.10 Å². The Balaban J connectivity index is 2.51. The highest BCUT2D eigenvalue weighted by Gasteiger charge is 2.37. The lowest BCUT2D eigenvalue weighted by atomic mass is 10.1. The zero-order valence-corrected chi connectivity index (χ0v) is 12.6. The quantitative estimate of drug-likeness (QED) is 0.469. The van der Waals surface area contributed by atoms with Crippen LogP contribution < -0.4 is 5.43 Å². The maximum Gasteiger partial charge on any atom is 0.416 e. The summed E-state index contributed by atoms with van der Waals surface area (Å²) in [5.74, 6) is -0.186. The monoisotopic (exact) mass is 370 g/mol. The van der Waals surface area contributed by atoms with E-state index in [0.717, 1.165) is 6.21 Å². The Morgan fingerprint density at radius 1 is 1.08 bits per heavy atom. The molecule has 2 aromatic rings. The van der Waals surface area contributed by atoms with E-state index in [4.69, 9.17) is 0 Å². The van der Waals surface area contributed by atoms with E-state index >= 15 is 0 Å². The number of para-hydroxylation sites is 1. The van der Waals surface area contributed by atoms with Gasteiger partial charge in [0.1, 0.15) is 5.75 Å². The molecule has 12 heteroatoms. The molecule has 0 amide bonds. The maximum atomic E-state index is 12.8. The average molecular weight is 370 g/mol. The van der Waals surface area contributed by atoms with Gasteiger partial charge in [0.05, 0.1) is 21.6 Å². The van der Waals surface area contributed by atoms with Crippen LogP contribution in [-0.4, -0.2) is 21.2 Å². The fourth-order valence-corrected chi connectivity index (χ4v) is 1.94. The Hall–Kier alpha value is -3.70. The Kier molecular flexibility index (Phi) is 5.05. The van der Waals surface area contributed by atoms with Crippen molar-refractivity contribution >= 4 is 23.3 Å². The van der Waals surface area contributed by atoms with E-state index in [1.807, 2.05) is 5.43 Å². The van der Waals surface area contributed by atoms with Crippen LogP contribution in [-0.2, 0) is 6.18 Å². The fourth-order valence-electron chi connectivity index (χ4n) is 1.94. The number of alkyl halides is 3. The number of anilines is 1. The Bertz CT molecular complexity index is 863. The fraction of sp³-hybridized carbons (Fsp3) is 0.0714. The van der Waals surface area contributed by atoms with Crippen molar-refractivity contribution in [3.05, 3.63) is 67.8 Å². The summed E-state index contributed by atoms with van der Waals surface area (Å²) >= 11 is 0. The Morgan fingerprint density at radius 3 is 2.08 bits per heavy atom. The molecule has 0 radical (unpaired) electrons. The van der Waals surface area contributed by atoms with Crippen molar-refractivity contribution in [1.82, 2.24) is 0 Å². The van der Waals surface area contributed by atoms with E-state index in [2.05, 4.69) is 5.10 Å². The topological polar surface area (TPSA) is 131 Å². The third-order valence-electron chi connectivity index (χ3n) is 3.13. The van der Waals surface area contributed by atoms with Crippen LogP contribution in [0.2, 0.25) is 0 Å². The number of nitrogens with one attached hydrogen (secondary N) is 1. The highest BCUT2D eigenvalue weighted by molar-refractivity contribution is 5.84. The highest BCUT2D eigenvalue weighted by Crippen LogP contribution is 2.41. The van der Waals surface area contributed by atoms with Crippen LogP contribution in [0.1, 0.15) is 11.1 Å². The molecule has 0 saturated heterocycles. The number of phenols is 1. The number of hydrogen-bond donors (Lipinski definition) is 2. The van der Waals surface area contributed by atoms with Gasteiger partial charge in [-0.2, -0.15) is 18.3 Å². The molecule has 0 spiro atoms. The minimum Gasteiger partial charge on any atom is -0.507 e. The third-order valence-corrected chi connectivity index (χ3v) is 3.13. The second kappa shape index (κ2) is 7.04. The lowest BCUT2D eigenvalue weighted by molar-refractivity contribution is -0.392. The first-order valence-corrected chi connectivity index (χ1v) is 6.72. The lowest BCUT2D eigenvalue weighted by Crippen LogP contribution is -2.09. The summed E-state index contributed by atoms with van der Waals surface area (Å²) in [6.07, 6.45) is -4.01. The number of nitrogens with zero attached hydrogens (tertiary/aromatic N) is 3. The molecular formula is C14H9F3N4O5. The van der Waals surface area contributed by atoms with Gasteiger partial charge in [-0.25, -0.2) is 0 Å². The number of halogens is 3. The summed E-state index contributed by atoms with van der Waals surface area (Å²) in [5, 5.41) is 35.2. The van der Waals surface area contributed by atoms with E-state index in [-0.39, 0.29) is 23.4 Å². The molecule has 0 saturated carbocycles. The molecule has 0 aliphatic heterocycles. The van der Waals surface area contributed by atoms with Gasteiger partial charge in [0.2, 0.25) is 5.69 Å². The number of rotatable bonds is 5. The van der Waals surface area contributed by atoms with Crippen molar-refractivity contribution < 1.29 is 28.1 Å². The molecule has 0 aliphatic rings. The van der Waals surface area contributed by atoms with Gasteiger partial charge in [0.15, 0.2) is 0 Å². The molecule has 0 heterocycles. The zero-order valence-electron chi connectivity index (χ0n) is 12.6. The first kappa shape index (κ1) is 18.6. The summed E-state index contributed by atoms with van der Waals surface area (Å²) in [7, 11) is 0. The molecule has 9 nitrogen and oxygen atoms in total. The molecule has 0 fully saturated rings. The van der Waals surface area contributed by atoms with Crippen molar-refractivity contribution in [2.45, 2.75) is 6.18 Å². The molecule has 0 aliphatic carbocycles. The largest absolute Gasteiger partial charge is 0.507 e. The van der Waals surface area contributed by atoms with Crippen molar-refractivity contribution in [1.29, 1.82) is 0 Å². The van der Waals surface area contributed by atoms with Crippen LogP contribution in [0.5, 0.6) is 5.75 Å². The predicted molar refractivity (Wildman–Crippen MR) is 84.1 cm³/mol. The lowest BCUT2D eigenvalue weighted by Gasteiger charge is -2.09. The standard InChI is InChI=1S/C14H9F3N4O5/c15-14(16,17)9-5-10(20(23)24)13(11(6-9)21(25)26)19-18-7-8-3-1-2-4-12(8)22/h1-7,19,22H. The minimum absolute atomic E-state index is 0.171. The van der Waals surface area contributed by atoms with Crippen LogP contribution in [0.4, 0.5) is 30.2 Å². The summed E-state index contributed by atoms with van der Waals surface area (Å²) in [4.78, 5) is 19.7. The van der Waals surface area contributed by atoms with Gasteiger partial charge in [0, 0.05) is 17.7 Å². The van der Waals surface area contributed by atoms with Gasteiger partial charge in [-0.3, -0.25) is 25.7 Å². The number of hydrogen-bond acceptors (Lipinski definition) is 7. The smallest absolute Gasteiger partial charge is 0.416 e. The molecule has 0 unspecified atom stereocenters. The highest BCUT2D eigenvalue weighted by atomic mass is 19.4. The zero-order chi connectivity index (χ0) is 19.5. The van der Waals surface area contributed by atoms with E-state index < -0.39 is 38.6 Å². The van der Waals surface area contributed by atoms with Crippen molar-refractivity contribution in [3.63, 3.8) is 0 Å². The van der Waals surface area contributed by atoms with E-state index in [1.54, 1.807) is 6.07 Å². The molecule has 0 aromatic heterocycles. The first-order chi connectivity index (χ1) is 12.1. The molecule has 2 aromatic carbocycles. The van der Waals surface area contributed by atoms with Crippen LogP contribution in [0.25, 0.3) is 0 Å². The van der Waals surface area contributed by atoms with Crippen LogP contribution in [0.3, 0.4) is 0 Å². The molecular weight excluding hydrogens is 361 g/mol. The van der Waals surface area contributed by atoms with E-state index in [0.29, 0.717) is 0 Å². The third kappa shape index (κ3) is 4.03. The Morgan fingerprint density at radius 2 is 1.62 bits per heavy atom. The van der Waals surface area contributed by atoms with E-state index in [9.17, 15) is 38.5 Å². The Labute approximate surface area is 142 Å². The van der Waals surface area contributed by atoms with E-state index in [1.165, 1.54) is 18.2 Å². The first-order valence-electron chi connectivity index (χ1n) is 6.72. The van der Waals surface area contributed by atoms with Crippen LogP contribution in [0, 0.1) is 20.2 Å². The molecule has 2 rings (SSSR count).